The number of halogens is 2. The van der Waals surface area contributed by atoms with Gasteiger partial charge in [0.1, 0.15) is 0 Å². The van der Waals surface area contributed by atoms with E-state index in [0.717, 1.165) is 12.8 Å². The van der Waals surface area contributed by atoms with Crippen LogP contribution in [0.3, 0.4) is 0 Å². The van der Waals surface area contributed by atoms with E-state index in [1.54, 1.807) is 42.5 Å². The van der Waals surface area contributed by atoms with Crippen molar-refractivity contribution in [1.82, 2.24) is 5.32 Å². The van der Waals surface area contributed by atoms with Gasteiger partial charge in [0.15, 0.2) is 0 Å². The van der Waals surface area contributed by atoms with Crippen LogP contribution in [-0.4, -0.2) is 24.4 Å². The smallest absolute Gasteiger partial charge is 0.251 e. The summed E-state index contributed by atoms with van der Waals surface area (Å²) in [4.78, 5) is 24.5. The molecule has 148 valence electrons. The minimum Gasteiger partial charge on any atom is -0.375 e. The first kappa shape index (κ1) is 20.5. The van der Waals surface area contributed by atoms with Crippen molar-refractivity contribution >= 4 is 46.4 Å². The minimum absolute atomic E-state index is 0.0608. The zero-order valence-corrected chi connectivity index (χ0v) is 16.9. The van der Waals surface area contributed by atoms with Gasteiger partial charge in [-0.05, 0) is 55.3 Å². The van der Waals surface area contributed by atoms with Gasteiger partial charge in [-0.15, -0.1) is 0 Å². The molecule has 0 radical (unpaired) electrons. The van der Waals surface area contributed by atoms with Crippen LogP contribution in [0.15, 0.2) is 42.5 Å². The third-order valence-corrected chi connectivity index (χ3v) is 5.29. The normalized spacial score (nSPS) is 14.4. The summed E-state index contributed by atoms with van der Waals surface area (Å²) in [6, 6.07) is 12.2. The van der Waals surface area contributed by atoms with E-state index in [2.05, 4.69) is 16.0 Å². The fourth-order valence-electron chi connectivity index (χ4n) is 3.23. The Hall–Kier alpha value is -2.24. The molecule has 0 saturated heterocycles. The predicted molar refractivity (Wildman–Crippen MR) is 114 cm³/mol. The van der Waals surface area contributed by atoms with Crippen molar-refractivity contribution in [3.63, 3.8) is 0 Å². The van der Waals surface area contributed by atoms with Crippen LogP contribution in [0.1, 0.15) is 42.5 Å². The second kappa shape index (κ2) is 9.80. The van der Waals surface area contributed by atoms with Crippen LogP contribution in [0.25, 0.3) is 0 Å². The Bertz CT molecular complexity index is 834. The summed E-state index contributed by atoms with van der Waals surface area (Å²) >= 11 is 11.9. The molecule has 1 aliphatic rings. The maximum atomic E-state index is 12.3. The second-order valence-corrected chi connectivity index (χ2v) is 7.76. The molecule has 1 fully saturated rings. The van der Waals surface area contributed by atoms with Crippen LogP contribution in [0.2, 0.25) is 10.0 Å². The van der Waals surface area contributed by atoms with E-state index < -0.39 is 0 Å². The summed E-state index contributed by atoms with van der Waals surface area (Å²) < 4.78 is 0. The summed E-state index contributed by atoms with van der Waals surface area (Å²) in [5.41, 5.74) is 1.86. The standard InChI is InChI=1S/C21H23Cl2N3O2/c22-15-8-11-19(18(23)12-15)24-13-20(27)25-17-9-6-14(7-10-17)21(28)26-16-4-2-1-3-5-16/h6-12,16,24H,1-5,13H2,(H,25,27)(H,26,28). The summed E-state index contributed by atoms with van der Waals surface area (Å²) in [6.45, 7) is 0.0608. The Morgan fingerprint density at radius 2 is 1.68 bits per heavy atom. The van der Waals surface area contributed by atoms with Crippen molar-refractivity contribution < 1.29 is 9.59 Å². The molecule has 0 spiro atoms. The maximum Gasteiger partial charge on any atom is 0.251 e. The van der Waals surface area contributed by atoms with Crippen molar-refractivity contribution in [2.45, 2.75) is 38.1 Å². The van der Waals surface area contributed by atoms with Crippen LogP contribution in [0.5, 0.6) is 0 Å². The quantitative estimate of drug-likeness (QED) is 0.609. The highest BCUT2D eigenvalue weighted by atomic mass is 35.5. The van der Waals surface area contributed by atoms with E-state index in [1.807, 2.05) is 0 Å². The molecule has 0 bridgehead atoms. The highest BCUT2D eigenvalue weighted by molar-refractivity contribution is 6.36. The average molecular weight is 420 g/mol. The Labute approximate surface area is 174 Å². The lowest BCUT2D eigenvalue weighted by molar-refractivity contribution is -0.114. The molecule has 2 amide bonds. The van der Waals surface area contributed by atoms with Crippen LogP contribution >= 0.6 is 23.2 Å². The lowest BCUT2D eigenvalue weighted by Crippen LogP contribution is -2.36. The van der Waals surface area contributed by atoms with E-state index in [1.165, 1.54) is 19.3 Å². The first-order valence-electron chi connectivity index (χ1n) is 9.41. The van der Waals surface area contributed by atoms with Crippen molar-refractivity contribution in [2.75, 3.05) is 17.2 Å². The molecule has 28 heavy (non-hydrogen) atoms. The third kappa shape index (κ3) is 5.88. The molecule has 5 nitrogen and oxygen atoms in total. The summed E-state index contributed by atoms with van der Waals surface area (Å²) in [5, 5.41) is 9.83. The van der Waals surface area contributed by atoms with Crippen molar-refractivity contribution in [3.05, 3.63) is 58.1 Å². The van der Waals surface area contributed by atoms with Crippen molar-refractivity contribution in [1.29, 1.82) is 0 Å². The SMILES string of the molecule is O=C(CNc1ccc(Cl)cc1Cl)Nc1ccc(C(=O)NC2CCCCC2)cc1. The van der Waals surface area contributed by atoms with Gasteiger partial charge in [-0.25, -0.2) is 0 Å². The van der Waals surface area contributed by atoms with E-state index in [9.17, 15) is 9.59 Å². The number of benzene rings is 2. The third-order valence-electron chi connectivity index (χ3n) is 4.74. The zero-order chi connectivity index (χ0) is 19.9. The number of anilines is 2. The highest BCUT2D eigenvalue weighted by Gasteiger charge is 2.16. The molecule has 0 heterocycles. The monoisotopic (exact) mass is 419 g/mol. The summed E-state index contributed by atoms with van der Waals surface area (Å²) in [7, 11) is 0. The molecule has 3 rings (SSSR count). The molecule has 1 aliphatic carbocycles. The first-order valence-corrected chi connectivity index (χ1v) is 10.2. The van der Waals surface area contributed by atoms with Gasteiger partial charge in [-0.1, -0.05) is 42.5 Å². The lowest BCUT2D eigenvalue weighted by atomic mass is 9.95. The fourth-order valence-corrected chi connectivity index (χ4v) is 3.71. The molecule has 3 N–H and O–H groups in total. The predicted octanol–water partition coefficient (Wildman–Crippen LogP) is 5.11. The lowest BCUT2D eigenvalue weighted by Gasteiger charge is -2.22. The molecular weight excluding hydrogens is 397 g/mol. The second-order valence-electron chi connectivity index (χ2n) is 6.91. The number of rotatable bonds is 6. The number of amides is 2. The Kier molecular flexibility index (Phi) is 7.18. The van der Waals surface area contributed by atoms with Crippen molar-refractivity contribution in [3.8, 4) is 0 Å². The molecule has 7 heteroatoms. The van der Waals surface area contributed by atoms with E-state index in [0.29, 0.717) is 27.0 Å². The highest BCUT2D eigenvalue weighted by Crippen LogP contribution is 2.25. The number of hydrogen-bond donors (Lipinski definition) is 3. The number of carbonyl (C=O) groups is 2. The minimum atomic E-state index is -0.217. The Morgan fingerprint density at radius 3 is 2.36 bits per heavy atom. The summed E-state index contributed by atoms with van der Waals surface area (Å²) in [6.07, 6.45) is 5.69. The van der Waals surface area contributed by atoms with Crippen LogP contribution in [-0.2, 0) is 4.79 Å². The average Bonchev–Trinajstić information content (AvgIpc) is 2.68. The molecule has 0 unspecified atom stereocenters. The van der Waals surface area contributed by atoms with Crippen LogP contribution in [0.4, 0.5) is 11.4 Å². The fraction of sp³-hybridized carbons (Fsp3) is 0.333. The van der Waals surface area contributed by atoms with E-state index >= 15 is 0 Å². The summed E-state index contributed by atoms with van der Waals surface area (Å²) in [5.74, 6) is -0.283. The van der Waals surface area contributed by atoms with Gasteiger partial charge in [-0.3, -0.25) is 9.59 Å². The Morgan fingerprint density at radius 1 is 0.964 bits per heavy atom. The topological polar surface area (TPSA) is 70.2 Å². The number of nitrogens with one attached hydrogen (secondary N) is 3. The van der Waals surface area contributed by atoms with E-state index in [-0.39, 0.29) is 24.4 Å². The van der Waals surface area contributed by atoms with Crippen molar-refractivity contribution in [2.24, 2.45) is 0 Å². The maximum absolute atomic E-state index is 12.3. The van der Waals surface area contributed by atoms with Gasteiger partial charge < -0.3 is 16.0 Å². The van der Waals surface area contributed by atoms with Crippen LogP contribution in [0, 0.1) is 0 Å². The largest absolute Gasteiger partial charge is 0.375 e. The zero-order valence-electron chi connectivity index (χ0n) is 15.4. The molecule has 0 aromatic heterocycles. The molecule has 1 saturated carbocycles. The van der Waals surface area contributed by atoms with Gasteiger partial charge >= 0.3 is 0 Å². The van der Waals surface area contributed by atoms with Gasteiger partial charge in [0.05, 0.1) is 17.3 Å². The van der Waals surface area contributed by atoms with Gasteiger partial charge in [0.25, 0.3) is 5.91 Å². The molecular formula is C21H23Cl2N3O2. The molecule has 0 atom stereocenters. The van der Waals surface area contributed by atoms with Gasteiger partial charge in [0, 0.05) is 22.3 Å². The first-order chi connectivity index (χ1) is 13.5. The Balaban J connectivity index is 1.49. The molecule has 0 aliphatic heterocycles. The number of hydrogen-bond acceptors (Lipinski definition) is 3. The van der Waals surface area contributed by atoms with E-state index in [4.69, 9.17) is 23.2 Å². The van der Waals surface area contributed by atoms with Gasteiger partial charge in [0.2, 0.25) is 5.91 Å². The van der Waals surface area contributed by atoms with Gasteiger partial charge in [-0.2, -0.15) is 0 Å². The molecule has 2 aromatic rings. The molecule has 2 aromatic carbocycles. The van der Waals surface area contributed by atoms with Crippen LogP contribution < -0.4 is 16.0 Å². The number of carbonyl (C=O) groups excluding carboxylic acids is 2.